The molecule has 0 radical (unpaired) electrons. The maximum atomic E-state index is 12.1. The Balaban J connectivity index is 2.93. The first-order valence-electron chi connectivity index (χ1n) is 5.62. The van der Waals surface area contributed by atoms with Gasteiger partial charge in [-0.1, -0.05) is 6.07 Å². The molecule has 0 saturated heterocycles. The Morgan fingerprint density at radius 1 is 1.35 bits per heavy atom. The molecular formula is C12H18N2O3. The Labute approximate surface area is 100 Å². The van der Waals surface area contributed by atoms with E-state index in [2.05, 4.69) is 0 Å². The van der Waals surface area contributed by atoms with Crippen molar-refractivity contribution in [3.8, 4) is 11.5 Å². The molecule has 0 aliphatic rings. The highest BCUT2D eigenvalue weighted by Gasteiger charge is 2.20. The Morgan fingerprint density at radius 2 is 1.94 bits per heavy atom. The zero-order chi connectivity index (χ0) is 12.8. The molecule has 0 saturated carbocycles. The number of hydrogen-bond donors (Lipinski definition) is 3. The Bertz CT molecular complexity index is 373. The highest BCUT2D eigenvalue weighted by Crippen LogP contribution is 2.27. The maximum Gasteiger partial charge on any atom is 0.261 e. The van der Waals surface area contributed by atoms with Gasteiger partial charge in [0.25, 0.3) is 5.91 Å². The van der Waals surface area contributed by atoms with E-state index in [4.69, 9.17) is 5.73 Å². The summed E-state index contributed by atoms with van der Waals surface area (Å²) in [6.07, 6.45) is 0.688. The number of amides is 1. The van der Waals surface area contributed by atoms with E-state index in [1.54, 1.807) is 4.90 Å². The number of hydrogen-bond acceptors (Lipinski definition) is 4. The standard InChI is InChI=1S/C12H18N2O3/c1-2-14(8-4-7-13)12(17)11-9(15)5-3-6-10(11)16/h3,5-6,15-16H,2,4,7-8,13H2,1H3. The van der Waals surface area contributed by atoms with Crippen LogP contribution in [0.3, 0.4) is 0 Å². The number of aromatic hydroxyl groups is 2. The van der Waals surface area contributed by atoms with E-state index in [-0.39, 0.29) is 23.0 Å². The summed E-state index contributed by atoms with van der Waals surface area (Å²) in [5.41, 5.74) is 5.34. The summed E-state index contributed by atoms with van der Waals surface area (Å²) in [4.78, 5) is 13.6. The van der Waals surface area contributed by atoms with Gasteiger partial charge in [-0.25, -0.2) is 0 Å². The van der Waals surface area contributed by atoms with Crippen molar-refractivity contribution in [1.29, 1.82) is 0 Å². The summed E-state index contributed by atoms with van der Waals surface area (Å²) < 4.78 is 0. The zero-order valence-corrected chi connectivity index (χ0v) is 9.89. The first kappa shape index (κ1) is 13.3. The third-order valence-corrected chi connectivity index (χ3v) is 2.54. The maximum absolute atomic E-state index is 12.1. The van der Waals surface area contributed by atoms with Gasteiger partial charge in [-0.15, -0.1) is 0 Å². The molecule has 5 heteroatoms. The summed E-state index contributed by atoms with van der Waals surface area (Å²) >= 11 is 0. The normalized spacial score (nSPS) is 10.2. The average molecular weight is 238 g/mol. The molecule has 0 unspecified atom stereocenters. The van der Waals surface area contributed by atoms with Gasteiger partial charge < -0.3 is 20.8 Å². The van der Waals surface area contributed by atoms with Gasteiger partial charge in [0.2, 0.25) is 0 Å². The molecule has 4 N–H and O–H groups in total. The fourth-order valence-corrected chi connectivity index (χ4v) is 1.59. The molecule has 1 aromatic carbocycles. The minimum atomic E-state index is -0.378. The van der Waals surface area contributed by atoms with Crippen molar-refractivity contribution < 1.29 is 15.0 Å². The van der Waals surface area contributed by atoms with Crippen LogP contribution in [0.5, 0.6) is 11.5 Å². The van der Waals surface area contributed by atoms with Crippen LogP contribution in [0, 0.1) is 0 Å². The van der Waals surface area contributed by atoms with Crippen LogP contribution in [0.1, 0.15) is 23.7 Å². The molecular weight excluding hydrogens is 220 g/mol. The average Bonchev–Trinajstić information content (AvgIpc) is 2.30. The van der Waals surface area contributed by atoms with Crippen molar-refractivity contribution in [3.05, 3.63) is 23.8 Å². The minimum absolute atomic E-state index is 0.0497. The third kappa shape index (κ3) is 3.10. The second kappa shape index (κ2) is 6.10. The number of phenolic OH excluding ortho intramolecular Hbond substituents is 2. The van der Waals surface area contributed by atoms with E-state index >= 15 is 0 Å². The second-order valence-electron chi connectivity index (χ2n) is 3.70. The van der Waals surface area contributed by atoms with E-state index < -0.39 is 0 Å². The lowest BCUT2D eigenvalue weighted by Gasteiger charge is -2.21. The van der Waals surface area contributed by atoms with E-state index in [1.165, 1.54) is 18.2 Å². The summed E-state index contributed by atoms with van der Waals surface area (Å²) in [5, 5.41) is 19.2. The van der Waals surface area contributed by atoms with Crippen molar-refractivity contribution in [3.63, 3.8) is 0 Å². The van der Waals surface area contributed by atoms with Crippen LogP contribution in [0.25, 0.3) is 0 Å². The molecule has 0 heterocycles. The minimum Gasteiger partial charge on any atom is -0.507 e. The largest absolute Gasteiger partial charge is 0.507 e. The molecule has 1 amide bonds. The lowest BCUT2D eigenvalue weighted by molar-refractivity contribution is 0.0757. The molecule has 1 aromatic rings. The van der Waals surface area contributed by atoms with E-state index in [1.807, 2.05) is 6.92 Å². The van der Waals surface area contributed by atoms with Gasteiger partial charge in [0.15, 0.2) is 0 Å². The topological polar surface area (TPSA) is 86.8 Å². The number of nitrogens with zero attached hydrogens (tertiary/aromatic N) is 1. The van der Waals surface area contributed by atoms with Crippen LogP contribution in [0.2, 0.25) is 0 Å². The van der Waals surface area contributed by atoms with Crippen LogP contribution >= 0.6 is 0 Å². The van der Waals surface area contributed by atoms with E-state index in [0.717, 1.165) is 0 Å². The molecule has 0 spiro atoms. The molecule has 0 aliphatic carbocycles. The smallest absolute Gasteiger partial charge is 0.261 e. The molecule has 0 bridgehead atoms. The first-order chi connectivity index (χ1) is 8.11. The van der Waals surface area contributed by atoms with E-state index in [0.29, 0.717) is 26.1 Å². The van der Waals surface area contributed by atoms with Gasteiger partial charge in [0, 0.05) is 13.1 Å². The van der Waals surface area contributed by atoms with Gasteiger partial charge in [-0.05, 0) is 32.0 Å². The quantitative estimate of drug-likeness (QED) is 0.711. The molecule has 0 fully saturated rings. The highest BCUT2D eigenvalue weighted by atomic mass is 16.3. The molecule has 94 valence electrons. The Kier molecular flexibility index (Phi) is 4.78. The summed E-state index contributed by atoms with van der Waals surface area (Å²) in [6, 6.07) is 4.24. The van der Waals surface area contributed by atoms with Gasteiger partial charge in [-0.3, -0.25) is 4.79 Å². The third-order valence-electron chi connectivity index (χ3n) is 2.54. The zero-order valence-electron chi connectivity index (χ0n) is 9.89. The molecule has 0 atom stereocenters. The van der Waals surface area contributed by atoms with Gasteiger partial charge in [-0.2, -0.15) is 0 Å². The number of nitrogens with two attached hydrogens (primary N) is 1. The highest BCUT2D eigenvalue weighted by molar-refractivity contribution is 5.99. The number of phenols is 2. The van der Waals surface area contributed by atoms with Crippen LogP contribution in [-0.2, 0) is 0 Å². The van der Waals surface area contributed by atoms with E-state index in [9.17, 15) is 15.0 Å². The fourth-order valence-electron chi connectivity index (χ4n) is 1.59. The first-order valence-corrected chi connectivity index (χ1v) is 5.62. The van der Waals surface area contributed by atoms with Crippen LogP contribution in [-0.4, -0.2) is 40.7 Å². The number of benzene rings is 1. The molecule has 17 heavy (non-hydrogen) atoms. The number of carbonyl (C=O) groups excluding carboxylic acids is 1. The second-order valence-corrected chi connectivity index (χ2v) is 3.70. The summed E-state index contributed by atoms with van der Waals surface area (Å²) in [5.74, 6) is -0.793. The van der Waals surface area contributed by atoms with Crippen molar-refractivity contribution in [2.45, 2.75) is 13.3 Å². The fraction of sp³-hybridized carbons (Fsp3) is 0.417. The van der Waals surface area contributed by atoms with Crippen molar-refractivity contribution in [2.75, 3.05) is 19.6 Å². The van der Waals surface area contributed by atoms with Crippen LogP contribution in [0.15, 0.2) is 18.2 Å². The lowest BCUT2D eigenvalue weighted by Crippen LogP contribution is -2.32. The van der Waals surface area contributed by atoms with Crippen molar-refractivity contribution in [1.82, 2.24) is 4.90 Å². The SMILES string of the molecule is CCN(CCCN)C(=O)c1c(O)cccc1O. The van der Waals surface area contributed by atoms with Crippen LogP contribution < -0.4 is 5.73 Å². The lowest BCUT2D eigenvalue weighted by atomic mass is 10.1. The Morgan fingerprint density at radius 3 is 2.41 bits per heavy atom. The molecule has 5 nitrogen and oxygen atoms in total. The van der Waals surface area contributed by atoms with Crippen molar-refractivity contribution in [2.24, 2.45) is 5.73 Å². The number of rotatable bonds is 5. The Hall–Kier alpha value is -1.75. The molecule has 0 aromatic heterocycles. The molecule has 0 aliphatic heterocycles. The monoisotopic (exact) mass is 238 g/mol. The summed E-state index contributed by atoms with van der Waals surface area (Å²) in [6.45, 7) is 3.36. The number of carbonyl (C=O) groups is 1. The molecule has 1 rings (SSSR count). The predicted octanol–water partition coefficient (Wildman–Crippen LogP) is 0.909. The van der Waals surface area contributed by atoms with Crippen molar-refractivity contribution >= 4 is 5.91 Å². The van der Waals surface area contributed by atoms with Gasteiger partial charge >= 0.3 is 0 Å². The van der Waals surface area contributed by atoms with Crippen LogP contribution in [0.4, 0.5) is 0 Å². The predicted molar refractivity (Wildman–Crippen MR) is 65.0 cm³/mol. The summed E-state index contributed by atoms with van der Waals surface area (Å²) in [7, 11) is 0. The van der Waals surface area contributed by atoms with Gasteiger partial charge in [0.05, 0.1) is 0 Å². The van der Waals surface area contributed by atoms with Gasteiger partial charge in [0.1, 0.15) is 17.1 Å².